The van der Waals surface area contributed by atoms with E-state index in [1.807, 2.05) is 0 Å². The summed E-state index contributed by atoms with van der Waals surface area (Å²) in [5.41, 5.74) is 0. The molecule has 0 aromatic heterocycles. The lowest BCUT2D eigenvalue weighted by Crippen LogP contribution is -2.17. The van der Waals surface area contributed by atoms with E-state index in [9.17, 15) is 0 Å². The van der Waals surface area contributed by atoms with Gasteiger partial charge in [-0.2, -0.15) is 0 Å². The van der Waals surface area contributed by atoms with Crippen molar-refractivity contribution in [1.82, 2.24) is 0 Å². The van der Waals surface area contributed by atoms with E-state index in [0.717, 1.165) is 6.04 Å². The van der Waals surface area contributed by atoms with Crippen LogP contribution in [0.1, 0.15) is 13.8 Å². The molecule has 0 saturated heterocycles. The topological polar surface area (TPSA) is 0 Å². The second-order valence-electron chi connectivity index (χ2n) is 4.21. The lowest BCUT2D eigenvalue weighted by molar-refractivity contribution is 0.866. The van der Waals surface area contributed by atoms with Crippen LogP contribution < -0.4 is 0 Å². The average Bonchev–Trinajstić information content (AvgIpc) is 1.59. The van der Waals surface area contributed by atoms with Crippen LogP contribution in [0.3, 0.4) is 0 Å². The third-order valence-corrected chi connectivity index (χ3v) is 2.25. The molecule has 0 atom stereocenters. The standard InChI is InChI=1S/C9H18Si/c1-9(2)7-6-8-10(3,4)5/h9H,8H2,1-5H3. The molecule has 58 valence electrons. The van der Waals surface area contributed by atoms with Gasteiger partial charge in [0.05, 0.1) is 8.07 Å². The van der Waals surface area contributed by atoms with Gasteiger partial charge in [-0.05, 0) is 0 Å². The van der Waals surface area contributed by atoms with E-state index in [-0.39, 0.29) is 0 Å². The maximum atomic E-state index is 3.24. The molecule has 0 spiro atoms. The largest absolute Gasteiger partial charge is 0.106 e. The highest BCUT2D eigenvalue weighted by molar-refractivity contribution is 6.76. The maximum absolute atomic E-state index is 3.24. The molecule has 0 radical (unpaired) electrons. The molecule has 10 heavy (non-hydrogen) atoms. The third kappa shape index (κ3) is 7.78. The van der Waals surface area contributed by atoms with Crippen molar-refractivity contribution < 1.29 is 0 Å². The van der Waals surface area contributed by atoms with Gasteiger partial charge >= 0.3 is 0 Å². The van der Waals surface area contributed by atoms with Crippen LogP contribution in [0.2, 0.25) is 25.7 Å². The normalized spacial score (nSPS) is 11.0. The second-order valence-corrected chi connectivity index (χ2v) is 9.69. The first kappa shape index (κ1) is 9.78. The number of rotatable bonds is 1. The van der Waals surface area contributed by atoms with E-state index in [2.05, 4.69) is 45.3 Å². The van der Waals surface area contributed by atoms with E-state index in [0.29, 0.717) is 5.92 Å². The summed E-state index contributed by atoms with van der Waals surface area (Å²) in [6.07, 6.45) is 0. The van der Waals surface area contributed by atoms with Crippen molar-refractivity contribution in [2.45, 2.75) is 39.5 Å². The van der Waals surface area contributed by atoms with E-state index in [1.54, 1.807) is 0 Å². The summed E-state index contributed by atoms with van der Waals surface area (Å²) in [6.45, 7) is 11.3. The minimum Gasteiger partial charge on any atom is -0.106 e. The lowest BCUT2D eigenvalue weighted by atomic mass is 10.2. The minimum absolute atomic E-state index is 0.538. The van der Waals surface area contributed by atoms with Crippen molar-refractivity contribution in [3.63, 3.8) is 0 Å². The quantitative estimate of drug-likeness (QED) is 0.402. The van der Waals surface area contributed by atoms with E-state index in [4.69, 9.17) is 0 Å². The highest BCUT2D eigenvalue weighted by Gasteiger charge is 2.09. The van der Waals surface area contributed by atoms with Crippen LogP contribution in [-0.4, -0.2) is 8.07 Å². The Bertz CT molecular complexity index is 140. The fraction of sp³-hybridized carbons (Fsp3) is 0.778. The number of hydrogen-bond donors (Lipinski definition) is 0. The molecule has 0 unspecified atom stereocenters. The van der Waals surface area contributed by atoms with Crippen LogP contribution >= 0.6 is 0 Å². The Morgan fingerprint density at radius 3 is 2.00 bits per heavy atom. The van der Waals surface area contributed by atoms with Crippen LogP contribution in [0.25, 0.3) is 0 Å². The van der Waals surface area contributed by atoms with Gasteiger partial charge < -0.3 is 0 Å². The summed E-state index contributed by atoms with van der Waals surface area (Å²) < 4.78 is 0. The number of hydrogen-bond acceptors (Lipinski definition) is 0. The second kappa shape index (κ2) is 3.83. The monoisotopic (exact) mass is 154 g/mol. The zero-order valence-corrected chi connectivity index (χ0v) is 8.78. The fourth-order valence-electron chi connectivity index (χ4n) is 0.520. The van der Waals surface area contributed by atoms with Crippen molar-refractivity contribution in [1.29, 1.82) is 0 Å². The molecule has 0 heterocycles. The SMILES string of the molecule is CC(C)C#CC[Si](C)(C)C. The predicted molar refractivity (Wildman–Crippen MR) is 50.8 cm³/mol. The van der Waals surface area contributed by atoms with Crippen LogP contribution in [-0.2, 0) is 0 Å². The van der Waals surface area contributed by atoms with Crippen LogP contribution in [0.5, 0.6) is 0 Å². The summed E-state index contributed by atoms with van der Waals surface area (Å²) in [7, 11) is -0.898. The zero-order valence-electron chi connectivity index (χ0n) is 7.78. The van der Waals surface area contributed by atoms with Gasteiger partial charge in [-0.15, -0.1) is 11.8 Å². The first-order chi connectivity index (χ1) is 4.42. The summed E-state index contributed by atoms with van der Waals surface area (Å²) in [4.78, 5) is 0. The summed E-state index contributed by atoms with van der Waals surface area (Å²) >= 11 is 0. The predicted octanol–water partition coefficient (Wildman–Crippen LogP) is 2.98. The van der Waals surface area contributed by atoms with Gasteiger partial charge in [-0.3, -0.25) is 0 Å². The molecule has 0 aliphatic carbocycles. The van der Waals surface area contributed by atoms with Crippen LogP contribution in [0.4, 0.5) is 0 Å². The molecule has 0 aromatic rings. The van der Waals surface area contributed by atoms with Crippen LogP contribution in [0, 0.1) is 17.8 Å². The Balaban J connectivity index is 3.67. The average molecular weight is 154 g/mol. The smallest absolute Gasteiger partial charge is 0.0573 e. The van der Waals surface area contributed by atoms with Gasteiger partial charge in [0.15, 0.2) is 0 Å². The highest BCUT2D eigenvalue weighted by Crippen LogP contribution is 2.05. The molecular formula is C9H18Si. The molecule has 0 amide bonds. The molecular weight excluding hydrogens is 136 g/mol. The molecule has 0 aromatic carbocycles. The van der Waals surface area contributed by atoms with E-state index < -0.39 is 8.07 Å². The maximum Gasteiger partial charge on any atom is 0.0573 e. The fourth-order valence-corrected chi connectivity index (χ4v) is 1.15. The van der Waals surface area contributed by atoms with Gasteiger partial charge in [0.1, 0.15) is 0 Å². The van der Waals surface area contributed by atoms with Crippen molar-refractivity contribution in [2.24, 2.45) is 5.92 Å². The Morgan fingerprint density at radius 2 is 1.70 bits per heavy atom. The Labute approximate surface area is 66.0 Å². The van der Waals surface area contributed by atoms with Gasteiger partial charge in [0, 0.05) is 12.0 Å². The van der Waals surface area contributed by atoms with Crippen molar-refractivity contribution in [3.05, 3.63) is 0 Å². The van der Waals surface area contributed by atoms with Crippen LogP contribution in [0.15, 0.2) is 0 Å². The first-order valence-electron chi connectivity index (χ1n) is 3.90. The van der Waals surface area contributed by atoms with Gasteiger partial charge in [0.25, 0.3) is 0 Å². The zero-order chi connectivity index (χ0) is 8.20. The third-order valence-electron chi connectivity index (χ3n) is 1.01. The lowest BCUT2D eigenvalue weighted by Gasteiger charge is -2.09. The first-order valence-corrected chi connectivity index (χ1v) is 7.61. The molecule has 0 bridgehead atoms. The van der Waals surface area contributed by atoms with Gasteiger partial charge in [-0.1, -0.05) is 33.5 Å². The highest BCUT2D eigenvalue weighted by atomic mass is 28.3. The molecule has 0 fully saturated rings. The molecule has 0 rings (SSSR count). The molecule has 0 saturated carbocycles. The van der Waals surface area contributed by atoms with E-state index in [1.165, 1.54) is 0 Å². The summed E-state index contributed by atoms with van der Waals surface area (Å²) in [6, 6.07) is 1.14. The van der Waals surface area contributed by atoms with Gasteiger partial charge in [0.2, 0.25) is 0 Å². The molecule has 0 N–H and O–H groups in total. The molecule has 0 nitrogen and oxygen atoms in total. The Kier molecular flexibility index (Phi) is 3.74. The molecule has 0 aliphatic rings. The van der Waals surface area contributed by atoms with E-state index >= 15 is 0 Å². The summed E-state index contributed by atoms with van der Waals surface area (Å²) in [5.74, 6) is 6.96. The Morgan fingerprint density at radius 1 is 1.20 bits per heavy atom. The molecule has 1 heteroatoms. The minimum atomic E-state index is -0.898. The van der Waals surface area contributed by atoms with Crippen molar-refractivity contribution >= 4 is 8.07 Å². The van der Waals surface area contributed by atoms with Gasteiger partial charge in [-0.25, -0.2) is 0 Å². The van der Waals surface area contributed by atoms with Crippen molar-refractivity contribution in [3.8, 4) is 11.8 Å². The Hall–Kier alpha value is -0.223. The molecule has 0 aliphatic heterocycles. The summed E-state index contributed by atoms with van der Waals surface area (Å²) in [5, 5.41) is 0. The van der Waals surface area contributed by atoms with Crippen molar-refractivity contribution in [2.75, 3.05) is 0 Å².